The maximum absolute atomic E-state index is 12.2. The van der Waals surface area contributed by atoms with Gasteiger partial charge in [0.25, 0.3) is 0 Å². The molecular weight excluding hydrogens is 230 g/mol. The molecule has 0 radical (unpaired) electrons. The minimum absolute atomic E-state index is 0.265. The Morgan fingerprint density at radius 1 is 1.24 bits per heavy atom. The fourth-order valence-corrected chi connectivity index (χ4v) is 2.98. The first-order valence-corrected chi connectivity index (χ1v) is 6.97. The third-order valence-corrected chi connectivity index (χ3v) is 4.16. The van der Waals surface area contributed by atoms with E-state index in [2.05, 4.69) is 19.9 Å². The zero-order valence-electron chi connectivity index (χ0n) is 10.3. The molecule has 0 spiro atoms. The average molecular weight is 248 g/mol. The van der Waals surface area contributed by atoms with Gasteiger partial charge in [-0.15, -0.1) is 11.3 Å². The van der Waals surface area contributed by atoms with Crippen LogP contribution < -0.4 is 4.90 Å². The number of quaternary nitrogens is 1. The highest BCUT2D eigenvalue weighted by Crippen LogP contribution is 2.25. The molecule has 0 atom stereocenters. The predicted molar refractivity (Wildman–Crippen MR) is 73.1 cm³/mol. The van der Waals surface area contributed by atoms with E-state index >= 15 is 0 Å². The average Bonchev–Trinajstić information content (AvgIpc) is 2.79. The standard InChI is InChI=1S/C14H17NOS/c1-3-15(4-2)9-13(16)12-10-17-14-8-6-5-7-11(12)14/h5-8,10H,3-4,9H2,1-2H3/p+1. The molecule has 0 aliphatic carbocycles. The Morgan fingerprint density at radius 2 is 1.94 bits per heavy atom. The van der Waals surface area contributed by atoms with Crippen LogP contribution in [0, 0.1) is 0 Å². The van der Waals surface area contributed by atoms with Crippen LogP contribution in [0.1, 0.15) is 24.2 Å². The van der Waals surface area contributed by atoms with E-state index in [1.54, 1.807) is 11.3 Å². The quantitative estimate of drug-likeness (QED) is 0.803. The molecule has 0 bridgehead atoms. The van der Waals surface area contributed by atoms with Crippen molar-refractivity contribution in [2.75, 3.05) is 19.6 Å². The van der Waals surface area contributed by atoms with E-state index in [4.69, 9.17) is 0 Å². The van der Waals surface area contributed by atoms with Crippen LogP contribution in [0.4, 0.5) is 0 Å². The molecule has 17 heavy (non-hydrogen) atoms. The van der Waals surface area contributed by atoms with Gasteiger partial charge in [0, 0.05) is 21.0 Å². The number of benzene rings is 1. The highest BCUT2D eigenvalue weighted by Gasteiger charge is 2.16. The van der Waals surface area contributed by atoms with Gasteiger partial charge in [0.15, 0.2) is 0 Å². The highest BCUT2D eigenvalue weighted by molar-refractivity contribution is 7.17. The van der Waals surface area contributed by atoms with Gasteiger partial charge in [-0.3, -0.25) is 4.79 Å². The number of thiophene rings is 1. The lowest BCUT2D eigenvalue weighted by Gasteiger charge is -2.13. The van der Waals surface area contributed by atoms with Crippen LogP contribution in [0.5, 0.6) is 0 Å². The summed E-state index contributed by atoms with van der Waals surface area (Å²) in [7, 11) is 0. The van der Waals surface area contributed by atoms with E-state index in [1.165, 1.54) is 9.60 Å². The van der Waals surface area contributed by atoms with Crippen molar-refractivity contribution in [2.45, 2.75) is 13.8 Å². The summed E-state index contributed by atoms with van der Waals surface area (Å²) in [6.07, 6.45) is 0. The lowest BCUT2D eigenvalue weighted by Crippen LogP contribution is -3.12. The number of Topliss-reactive ketones (excluding diaryl/α,β-unsaturated/α-hetero) is 1. The van der Waals surface area contributed by atoms with Crippen LogP contribution in [0.15, 0.2) is 29.6 Å². The number of ketones is 1. The van der Waals surface area contributed by atoms with E-state index in [0.29, 0.717) is 6.54 Å². The van der Waals surface area contributed by atoms with Crippen molar-refractivity contribution < 1.29 is 9.69 Å². The summed E-state index contributed by atoms with van der Waals surface area (Å²) in [6.45, 7) is 6.86. The molecule has 90 valence electrons. The third-order valence-electron chi connectivity index (χ3n) is 3.19. The number of carbonyl (C=O) groups is 1. The number of carbonyl (C=O) groups excluding carboxylic acids is 1. The molecule has 0 aliphatic rings. The van der Waals surface area contributed by atoms with Gasteiger partial charge in [-0.25, -0.2) is 0 Å². The first kappa shape index (κ1) is 12.3. The molecule has 0 unspecified atom stereocenters. The molecule has 1 heterocycles. The van der Waals surface area contributed by atoms with Gasteiger partial charge in [0.2, 0.25) is 5.78 Å². The third kappa shape index (κ3) is 2.56. The van der Waals surface area contributed by atoms with Gasteiger partial charge in [-0.2, -0.15) is 0 Å². The maximum Gasteiger partial charge on any atom is 0.218 e. The molecule has 2 rings (SSSR count). The van der Waals surface area contributed by atoms with E-state index in [9.17, 15) is 4.79 Å². The number of hydrogen-bond acceptors (Lipinski definition) is 2. The van der Waals surface area contributed by atoms with Crippen LogP contribution in [-0.2, 0) is 0 Å². The highest BCUT2D eigenvalue weighted by atomic mass is 32.1. The van der Waals surface area contributed by atoms with Gasteiger partial charge < -0.3 is 4.90 Å². The normalized spacial score (nSPS) is 11.2. The topological polar surface area (TPSA) is 21.5 Å². The largest absolute Gasteiger partial charge is 0.329 e. The monoisotopic (exact) mass is 248 g/mol. The van der Waals surface area contributed by atoms with Crippen LogP contribution >= 0.6 is 11.3 Å². The molecule has 0 amide bonds. The second-order valence-corrected chi connectivity index (χ2v) is 5.11. The summed E-state index contributed by atoms with van der Waals surface area (Å²) in [6, 6.07) is 8.12. The Balaban J connectivity index is 2.25. The Labute approximate surface area is 106 Å². The van der Waals surface area contributed by atoms with Crippen LogP contribution in [-0.4, -0.2) is 25.4 Å². The zero-order valence-corrected chi connectivity index (χ0v) is 11.1. The maximum atomic E-state index is 12.2. The molecule has 1 aromatic heterocycles. The first-order valence-electron chi connectivity index (χ1n) is 6.09. The lowest BCUT2D eigenvalue weighted by molar-refractivity contribution is -0.887. The van der Waals surface area contributed by atoms with Gasteiger partial charge in [-0.1, -0.05) is 18.2 Å². The molecule has 1 N–H and O–H groups in total. The lowest BCUT2D eigenvalue weighted by atomic mass is 10.1. The number of rotatable bonds is 5. The van der Waals surface area contributed by atoms with Gasteiger partial charge >= 0.3 is 0 Å². The molecule has 3 heteroatoms. The van der Waals surface area contributed by atoms with E-state index < -0.39 is 0 Å². The second kappa shape index (κ2) is 5.43. The fourth-order valence-electron chi connectivity index (χ4n) is 2.02. The number of hydrogen-bond donors (Lipinski definition) is 1. The van der Waals surface area contributed by atoms with Crippen LogP contribution in [0.25, 0.3) is 10.1 Å². The summed E-state index contributed by atoms with van der Waals surface area (Å²) in [4.78, 5) is 13.6. The first-order chi connectivity index (χ1) is 8.26. The Morgan fingerprint density at radius 3 is 2.65 bits per heavy atom. The van der Waals surface area contributed by atoms with Crippen molar-refractivity contribution in [3.63, 3.8) is 0 Å². The van der Waals surface area contributed by atoms with Crippen molar-refractivity contribution in [2.24, 2.45) is 0 Å². The summed E-state index contributed by atoms with van der Waals surface area (Å²) >= 11 is 1.65. The molecule has 0 saturated heterocycles. The van der Waals surface area contributed by atoms with Gasteiger partial charge in [0.05, 0.1) is 13.1 Å². The van der Waals surface area contributed by atoms with Crippen molar-refractivity contribution in [1.82, 2.24) is 0 Å². The SMILES string of the molecule is CC[NH+](CC)CC(=O)c1csc2ccccc12. The van der Waals surface area contributed by atoms with Crippen molar-refractivity contribution in [1.29, 1.82) is 0 Å². The number of nitrogens with one attached hydrogen (secondary N) is 1. The molecule has 0 fully saturated rings. The Hall–Kier alpha value is -1.19. The Kier molecular flexibility index (Phi) is 3.92. The molecule has 2 nitrogen and oxygen atoms in total. The Bertz CT molecular complexity index is 514. The van der Waals surface area contributed by atoms with E-state index in [1.807, 2.05) is 23.6 Å². The smallest absolute Gasteiger partial charge is 0.218 e. The fraction of sp³-hybridized carbons (Fsp3) is 0.357. The molecule has 0 saturated carbocycles. The van der Waals surface area contributed by atoms with E-state index in [0.717, 1.165) is 24.0 Å². The summed E-state index contributed by atoms with van der Waals surface area (Å²) in [5.41, 5.74) is 0.894. The predicted octanol–water partition coefficient (Wildman–Crippen LogP) is 2.01. The number of fused-ring (bicyclic) bond motifs is 1. The van der Waals surface area contributed by atoms with Crippen LogP contribution in [0.2, 0.25) is 0 Å². The minimum atomic E-state index is 0.265. The number of likely N-dealkylation sites (N-methyl/N-ethyl adjacent to an activating group) is 1. The van der Waals surface area contributed by atoms with E-state index in [-0.39, 0.29) is 5.78 Å². The molecule has 0 aliphatic heterocycles. The minimum Gasteiger partial charge on any atom is -0.329 e. The molecule has 2 aromatic rings. The second-order valence-electron chi connectivity index (χ2n) is 4.20. The van der Waals surface area contributed by atoms with Crippen molar-refractivity contribution in [3.8, 4) is 0 Å². The summed E-state index contributed by atoms with van der Waals surface area (Å²) in [5, 5.41) is 3.10. The van der Waals surface area contributed by atoms with Crippen molar-refractivity contribution >= 4 is 27.2 Å². The zero-order chi connectivity index (χ0) is 12.3. The molecular formula is C14H18NOS+. The molecule has 1 aromatic carbocycles. The van der Waals surface area contributed by atoms with Crippen molar-refractivity contribution in [3.05, 3.63) is 35.2 Å². The summed E-state index contributed by atoms with van der Waals surface area (Å²) in [5.74, 6) is 0.265. The summed E-state index contributed by atoms with van der Waals surface area (Å²) < 4.78 is 1.20. The van der Waals surface area contributed by atoms with Crippen LogP contribution in [0.3, 0.4) is 0 Å². The van der Waals surface area contributed by atoms with Gasteiger partial charge in [-0.05, 0) is 19.9 Å². The van der Waals surface area contributed by atoms with Gasteiger partial charge in [0.1, 0.15) is 6.54 Å².